The topological polar surface area (TPSA) is 12.0 Å². The van der Waals surface area contributed by atoms with Crippen molar-refractivity contribution < 1.29 is 0 Å². The lowest BCUT2D eigenvalue weighted by Crippen LogP contribution is -2.18. The zero-order valence-electron chi connectivity index (χ0n) is 9.71. The molecular weight excluding hydrogens is 353 g/mol. The molecule has 2 aromatic rings. The van der Waals surface area contributed by atoms with Crippen LogP contribution in [0.1, 0.15) is 24.1 Å². The summed E-state index contributed by atoms with van der Waals surface area (Å²) < 4.78 is 2.59. The largest absolute Gasteiger partial charge is 0.306 e. The van der Waals surface area contributed by atoms with Gasteiger partial charge < -0.3 is 5.32 Å². The summed E-state index contributed by atoms with van der Waals surface area (Å²) in [6.45, 7) is 2.87. The van der Waals surface area contributed by atoms with E-state index in [0.717, 1.165) is 25.3 Å². The molecule has 0 saturated heterocycles. The first-order valence-electron chi connectivity index (χ1n) is 5.49. The number of nitrogens with one attached hydrogen (secondary N) is 1. The molecule has 1 unspecified atom stereocenters. The molecule has 1 atom stereocenters. The molecule has 1 heterocycles. The second kappa shape index (κ2) is 6.40. The van der Waals surface area contributed by atoms with Crippen molar-refractivity contribution in [2.45, 2.75) is 19.5 Å². The van der Waals surface area contributed by atoms with Crippen molar-refractivity contribution in [2.24, 2.45) is 0 Å². The van der Waals surface area contributed by atoms with Gasteiger partial charge >= 0.3 is 0 Å². The van der Waals surface area contributed by atoms with Gasteiger partial charge in [0.25, 0.3) is 0 Å². The van der Waals surface area contributed by atoms with E-state index in [9.17, 15) is 0 Å². The summed E-state index contributed by atoms with van der Waals surface area (Å²) in [6, 6.07) is 10.3. The van der Waals surface area contributed by atoms with Gasteiger partial charge in [0, 0.05) is 17.1 Å². The smallest absolute Gasteiger partial charge is 0.0991 e. The molecule has 5 heteroatoms. The average Bonchev–Trinajstić information content (AvgIpc) is 2.67. The lowest BCUT2D eigenvalue weighted by Gasteiger charge is -2.14. The molecular formula is C13H12BrCl2NS. The Morgan fingerprint density at radius 2 is 2.06 bits per heavy atom. The molecule has 0 fully saturated rings. The summed E-state index contributed by atoms with van der Waals surface area (Å²) in [6.07, 6.45) is 0. The van der Waals surface area contributed by atoms with Crippen LogP contribution in [0.25, 0.3) is 0 Å². The van der Waals surface area contributed by atoms with Crippen molar-refractivity contribution in [2.75, 3.05) is 0 Å². The maximum absolute atomic E-state index is 6.14. The molecule has 1 N–H and O–H groups in total. The molecule has 0 radical (unpaired) electrons. The number of thiophene rings is 1. The molecule has 0 bridgehead atoms. The minimum Gasteiger partial charge on any atom is -0.306 e. The summed E-state index contributed by atoms with van der Waals surface area (Å²) in [5, 5.41) is 3.44. The van der Waals surface area contributed by atoms with E-state index in [0.29, 0.717) is 0 Å². The number of hydrogen-bond donors (Lipinski definition) is 1. The van der Waals surface area contributed by atoms with Gasteiger partial charge in [-0.2, -0.15) is 0 Å². The maximum atomic E-state index is 6.14. The fraction of sp³-hybridized carbons (Fsp3) is 0.231. The highest BCUT2D eigenvalue weighted by Crippen LogP contribution is 2.35. The number of rotatable bonds is 4. The predicted octanol–water partition coefficient (Wildman–Crippen LogP) is 5.67. The minimum atomic E-state index is 0.174. The lowest BCUT2D eigenvalue weighted by atomic mass is 10.1. The first-order valence-corrected chi connectivity index (χ1v) is 7.86. The molecule has 0 aliphatic heterocycles. The van der Waals surface area contributed by atoms with Crippen LogP contribution in [0, 0.1) is 0 Å². The summed E-state index contributed by atoms with van der Waals surface area (Å²) >= 11 is 17.0. The molecule has 1 nitrogen and oxygen atoms in total. The Labute approximate surface area is 129 Å². The maximum Gasteiger partial charge on any atom is 0.0991 e. The van der Waals surface area contributed by atoms with E-state index < -0.39 is 0 Å². The minimum absolute atomic E-state index is 0.174. The molecule has 96 valence electrons. The second-order valence-corrected chi connectivity index (χ2v) is 7.11. The molecule has 0 aliphatic rings. The third kappa shape index (κ3) is 3.49. The van der Waals surface area contributed by atoms with Gasteiger partial charge in [-0.25, -0.2) is 0 Å². The molecule has 0 amide bonds. The van der Waals surface area contributed by atoms with Gasteiger partial charge in [-0.15, -0.1) is 11.3 Å². The van der Waals surface area contributed by atoms with E-state index in [1.165, 1.54) is 16.9 Å². The van der Waals surface area contributed by atoms with Crippen molar-refractivity contribution >= 4 is 50.5 Å². The Balaban J connectivity index is 2.03. The van der Waals surface area contributed by atoms with Gasteiger partial charge in [-0.05, 0) is 30.2 Å². The van der Waals surface area contributed by atoms with Crippen LogP contribution in [0.4, 0.5) is 0 Å². The van der Waals surface area contributed by atoms with Gasteiger partial charge in [0.2, 0.25) is 0 Å². The zero-order valence-corrected chi connectivity index (χ0v) is 13.6. The molecule has 0 aliphatic carbocycles. The average molecular weight is 365 g/mol. The quantitative estimate of drug-likeness (QED) is 0.737. The molecule has 0 saturated carbocycles. The monoisotopic (exact) mass is 363 g/mol. The fourth-order valence-corrected chi connectivity index (χ4v) is 3.73. The lowest BCUT2D eigenvalue weighted by molar-refractivity contribution is 0.575. The van der Waals surface area contributed by atoms with Crippen LogP contribution in [-0.2, 0) is 6.54 Å². The Morgan fingerprint density at radius 3 is 2.67 bits per heavy atom. The highest BCUT2D eigenvalue weighted by molar-refractivity contribution is 9.10. The van der Waals surface area contributed by atoms with Crippen molar-refractivity contribution in [3.63, 3.8) is 0 Å². The molecule has 1 aromatic heterocycles. The number of halogens is 3. The van der Waals surface area contributed by atoms with Crippen LogP contribution in [-0.4, -0.2) is 0 Å². The Bertz CT molecular complexity index is 542. The number of benzene rings is 1. The van der Waals surface area contributed by atoms with Gasteiger partial charge in [0.15, 0.2) is 0 Å². The van der Waals surface area contributed by atoms with Crippen LogP contribution < -0.4 is 5.32 Å². The Kier molecular flexibility index (Phi) is 5.10. The van der Waals surface area contributed by atoms with Crippen molar-refractivity contribution in [1.29, 1.82) is 0 Å². The van der Waals surface area contributed by atoms with Crippen LogP contribution in [0.5, 0.6) is 0 Å². The summed E-state index contributed by atoms with van der Waals surface area (Å²) in [5.41, 5.74) is 2.28. The van der Waals surface area contributed by atoms with E-state index >= 15 is 0 Å². The van der Waals surface area contributed by atoms with E-state index in [1.807, 2.05) is 24.3 Å². The highest BCUT2D eigenvalue weighted by atomic mass is 79.9. The molecule has 2 rings (SSSR count). The van der Waals surface area contributed by atoms with Crippen molar-refractivity contribution in [3.8, 4) is 0 Å². The fourth-order valence-electron chi connectivity index (χ4n) is 1.66. The van der Waals surface area contributed by atoms with Gasteiger partial charge in [-0.1, -0.05) is 57.3 Å². The SMILES string of the molecule is CC(NCc1ccccc1Br)c1cc(Cl)sc1Cl. The second-order valence-electron chi connectivity index (χ2n) is 3.97. The van der Waals surface area contributed by atoms with Crippen LogP contribution in [0.3, 0.4) is 0 Å². The summed E-state index contributed by atoms with van der Waals surface area (Å²) in [5.74, 6) is 0. The van der Waals surface area contributed by atoms with Crippen LogP contribution in [0.15, 0.2) is 34.8 Å². The van der Waals surface area contributed by atoms with Gasteiger partial charge in [0.1, 0.15) is 0 Å². The van der Waals surface area contributed by atoms with E-state index in [4.69, 9.17) is 23.2 Å². The van der Waals surface area contributed by atoms with Crippen molar-refractivity contribution in [1.82, 2.24) is 5.32 Å². The Morgan fingerprint density at radius 1 is 1.33 bits per heavy atom. The first-order chi connectivity index (χ1) is 8.58. The van der Waals surface area contributed by atoms with Gasteiger partial charge in [0.05, 0.1) is 8.67 Å². The van der Waals surface area contributed by atoms with Crippen molar-refractivity contribution in [3.05, 3.63) is 54.6 Å². The Hall–Kier alpha value is -0.0600. The third-order valence-corrected chi connectivity index (χ3v) is 5.00. The van der Waals surface area contributed by atoms with E-state index in [1.54, 1.807) is 0 Å². The van der Waals surface area contributed by atoms with E-state index in [-0.39, 0.29) is 6.04 Å². The van der Waals surface area contributed by atoms with E-state index in [2.05, 4.69) is 34.2 Å². The molecule has 1 aromatic carbocycles. The highest BCUT2D eigenvalue weighted by Gasteiger charge is 2.13. The normalized spacial score (nSPS) is 12.7. The summed E-state index contributed by atoms with van der Waals surface area (Å²) in [4.78, 5) is 0. The standard InChI is InChI=1S/C13H12BrCl2NS/c1-8(10-6-12(15)18-13(10)16)17-7-9-4-2-3-5-11(9)14/h2-6,8,17H,7H2,1H3. The van der Waals surface area contributed by atoms with Crippen LogP contribution in [0.2, 0.25) is 8.67 Å². The number of hydrogen-bond acceptors (Lipinski definition) is 2. The zero-order chi connectivity index (χ0) is 13.1. The predicted molar refractivity (Wildman–Crippen MR) is 83.7 cm³/mol. The molecule has 0 spiro atoms. The van der Waals surface area contributed by atoms with Gasteiger partial charge in [-0.3, -0.25) is 0 Å². The first kappa shape index (κ1) is 14.4. The third-order valence-electron chi connectivity index (χ3n) is 2.71. The molecule has 18 heavy (non-hydrogen) atoms. The van der Waals surface area contributed by atoms with Crippen LogP contribution >= 0.6 is 50.5 Å². The summed E-state index contributed by atoms with van der Waals surface area (Å²) in [7, 11) is 0.